The molecule has 104 valence electrons. The molecule has 0 aliphatic heterocycles. The summed E-state index contributed by atoms with van der Waals surface area (Å²) in [5.74, 6) is 1.26. The van der Waals surface area contributed by atoms with Crippen LogP contribution in [0, 0.1) is 0 Å². The first kappa shape index (κ1) is 14.3. The molecule has 0 bridgehead atoms. The Morgan fingerprint density at radius 3 is 2.55 bits per heavy atom. The summed E-state index contributed by atoms with van der Waals surface area (Å²) in [5, 5.41) is 3.49. The van der Waals surface area contributed by atoms with E-state index in [1.54, 1.807) is 19.2 Å². The molecule has 0 aliphatic rings. The lowest BCUT2D eigenvalue weighted by atomic mass is 10.1. The molecule has 1 N–H and O–H groups in total. The van der Waals surface area contributed by atoms with E-state index >= 15 is 0 Å². The Morgan fingerprint density at radius 1 is 1.25 bits per heavy atom. The first-order chi connectivity index (χ1) is 9.60. The third-order valence-corrected chi connectivity index (χ3v) is 3.07. The van der Waals surface area contributed by atoms with Gasteiger partial charge in [-0.05, 0) is 36.8 Å². The average molecular weight is 291 g/mol. The van der Waals surface area contributed by atoms with Gasteiger partial charge in [0.15, 0.2) is 5.78 Å². The zero-order chi connectivity index (χ0) is 14.5. The summed E-state index contributed by atoms with van der Waals surface area (Å²) in [6, 6.07) is 10.9. The highest BCUT2D eigenvalue weighted by Gasteiger charge is 2.09. The molecular weight excluding hydrogens is 276 g/mol. The number of carbonyl (C=O) groups is 1. The van der Waals surface area contributed by atoms with E-state index < -0.39 is 0 Å². The van der Waals surface area contributed by atoms with Crippen LogP contribution in [0.3, 0.4) is 0 Å². The van der Waals surface area contributed by atoms with Gasteiger partial charge in [-0.3, -0.25) is 4.79 Å². The number of ketones is 1. The number of hydrogen-bond acceptors (Lipinski definition) is 4. The fourth-order valence-electron chi connectivity index (χ4n) is 1.78. The Hall–Kier alpha value is -2.07. The molecule has 2 rings (SSSR count). The number of nitrogens with zero attached hydrogens (tertiary/aromatic N) is 1. The van der Waals surface area contributed by atoms with Crippen LogP contribution in [0.4, 0.5) is 5.82 Å². The number of benzene rings is 1. The SMILES string of the molecule is COc1ccc(CNc2nc(Cl)ccc2C(C)=O)cc1. The van der Waals surface area contributed by atoms with Crippen LogP contribution in [-0.2, 0) is 6.54 Å². The molecule has 2 aromatic rings. The Kier molecular flexibility index (Phi) is 4.58. The number of methoxy groups -OCH3 is 1. The van der Waals surface area contributed by atoms with Gasteiger partial charge in [0.05, 0.1) is 12.7 Å². The topological polar surface area (TPSA) is 51.2 Å². The van der Waals surface area contributed by atoms with Gasteiger partial charge in [0.2, 0.25) is 0 Å². The lowest BCUT2D eigenvalue weighted by molar-refractivity contribution is 0.101. The zero-order valence-corrected chi connectivity index (χ0v) is 12.1. The number of carbonyl (C=O) groups excluding carboxylic acids is 1. The molecule has 0 saturated heterocycles. The van der Waals surface area contributed by atoms with Crippen molar-refractivity contribution in [3.05, 3.63) is 52.7 Å². The van der Waals surface area contributed by atoms with Crippen molar-refractivity contribution in [3.63, 3.8) is 0 Å². The number of pyridine rings is 1. The molecule has 0 amide bonds. The molecule has 0 atom stereocenters. The Morgan fingerprint density at radius 2 is 1.95 bits per heavy atom. The molecule has 1 aromatic carbocycles. The lowest BCUT2D eigenvalue weighted by Crippen LogP contribution is -2.07. The van der Waals surface area contributed by atoms with E-state index in [0.717, 1.165) is 11.3 Å². The number of ether oxygens (including phenoxy) is 1. The van der Waals surface area contributed by atoms with E-state index in [1.807, 2.05) is 24.3 Å². The van der Waals surface area contributed by atoms with Gasteiger partial charge in [-0.25, -0.2) is 4.98 Å². The highest BCUT2D eigenvalue weighted by Crippen LogP contribution is 2.18. The van der Waals surface area contributed by atoms with Gasteiger partial charge >= 0.3 is 0 Å². The lowest BCUT2D eigenvalue weighted by Gasteiger charge is -2.10. The number of aromatic nitrogens is 1. The van der Waals surface area contributed by atoms with Gasteiger partial charge in [-0.15, -0.1) is 0 Å². The minimum absolute atomic E-state index is 0.0496. The summed E-state index contributed by atoms with van der Waals surface area (Å²) < 4.78 is 5.10. The van der Waals surface area contributed by atoms with E-state index in [1.165, 1.54) is 6.92 Å². The molecule has 4 nitrogen and oxygen atoms in total. The molecule has 20 heavy (non-hydrogen) atoms. The van der Waals surface area contributed by atoms with Crippen molar-refractivity contribution in [1.82, 2.24) is 4.98 Å². The summed E-state index contributed by atoms with van der Waals surface area (Å²) in [5.41, 5.74) is 1.59. The molecule has 1 aromatic heterocycles. The molecule has 0 fully saturated rings. The van der Waals surface area contributed by atoms with E-state index in [0.29, 0.717) is 23.1 Å². The molecule has 5 heteroatoms. The van der Waals surface area contributed by atoms with E-state index in [-0.39, 0.29) is 5.78 Å². The van der Waals surface area contributed by atoms with Crippen LogP contribution in [0.15, 0.2) is 36.4 Å². The summed E-state index contributed by atoms with van der Waals surface area (Å²) in [7, 11) is 1.63. The Labute approximate surface area is 122 Å². The van der Waals surface area contributed by atoms with Crippen molar-refractivity contribution in [2.45, 2.75) is 13.5 Å². The van der Waals surface area contributed by atoms with Crippen LogP contribution in [0.25, 0.3) is 0 Å². The van der Waals surface area contributed by atoms with E-state index in [4.69, 9.17) is 16.3 Å². The fourth-order valence-corrected chi connectivity index (χ4v) is 1.93. The maximum atomic E-state index is 11.5. The molecule has 0 radical (unpaired) electrons. The first-order valence-electron chi connectivity index (χ1n) is 6.14. The number of hydrogen-bond donors (Lipinski definition) is 1. The van der Waals surface area contributed by atoms with E-state index in [9.17, 15) is 4.79 Å². The normalized spacial score (nSPS) is 10.2. The number of halogens is 1. The summed E-state index contributed by atoms with van der Waals surface area (Å²) in [6.45, 7) is 2.06. The highest BCUT2D eigenvalue weighted by atomic mass is 35.5. The number of anilines is 1. The van der Waals surface area contributed by atoms with E-state index in [2.05, 4.69) is 10.3 Å². The second-order valence-electron chi connectivity index (χ2n) is 4.29. The summed E-state index contributed by atoms with van der Waals surface area (Å²) in [4.78, 5) is 15.7. The highest BCUT2D eigenvalue weighted by molar-refractivity contribution is 6.29. The molecule has 1 heterocycles. The third-order valence-electron chi connectivity index (χ3n) is 2.86. The van der Waals surface area contributed by atoms with Crippen molar-refractivity contribution in [1.29, 1.82) is 0 Å². The van der Waals surface area contributed by atoms with Crippen LogP contribution < -0.4 is 10.1 Å². The molecular formula is C15H15ClN2O2. The molecule has 0 unspecified atom stereocenters. The predicted molar refractivity (Wildman–Crippen MR) is 79.6 cm³/mol. The quantitative estimate of drug-likeness (QED) is 0.676. The third kappa shape index (κ3) is 3.48. The largest absolute Gasteiger partial charge is 0.497 e. The van der Waals surface area contributed by atoms with Gasteiger partial charge in [-0.1, -0.05) is 23.7 Å². The molecule has 0 spiro atoms. The Bertz CT molecular complexity index is 612. The van der Waals surface area contributed by atoms with Crippen molar-refractivity contribution >= 4 is 23.2 Å². The predicted octanol–water partition coefficient (Wildman–Crippen LogP) is 3.56. The van der Waals surface area contributed by atoms with Gasteiger partial charge in [0.1, 0.15) is 16.7 Å². The number of rotatable bonds is 5. The average Bonchev–Trinajstić information content (AvgIpc) is 2.45. The minimum atomic E-state index is -0.0496. The Balaban J connectivity index is 2.13. The van der Waals surface area contributed by atoms with Crippen molar-refractivity contribution < 1.29 is 9.53 Å². The van der Waals surface area contributed by atoms with Crippen LogP contribution in [0.2, 0.25) is 5.15 Å². The van der Waals surface area contributed by atoms with Gasteiger partial charge < -0.3 is 10.1 Å². The summed E-state index contributed by atoms with van der Waals surface area (Å²) >= 11 is 5.86. The minimum Gasteiger partial charge on any atom is -0.497 e. The molecule has 0 aliphatic carbocycles. The summed E-state index contributed by atoms with van der Waals surface area (Å²) in [6.07, 6.45) is 0. The van der Waals surface area contributed by atoms with Gasteiger partial charge in [-0.2, -0.15) is 0 Å². The van der Waals surface area contributed by atoms with Crippen molar-refractivity contribution in [3.8, 4) is 5.75 Å². The maximum absolute atomic E-state index is 11.5. The van der Waals surface area contributed by atoms with Crippen LogP contribution in [0.1, 0.15) is 22.8 Å². The first-order valence-corrected chi connectivity index (χ1v) is 6.52. The van der Waals surface area contributed by atoms with Crippen molar-refractivity contribution in [2.75, 3.05) is 12.4 Å². The maximum Gasteiger partial charge on any atom is 0.163 e. The fraction of sp³-hybridized carbons (Fsp3) is 0.200. The van der Waals surface area contributed by atoms with Crippen molar-refractivity contribution in [2.24, 2.45) is 0 Å². The van der Waals surface area contributed by atoms with Gasteiger partial charge in [0.25, 0.3) is 0 Å². The van der Waals surface area contributed by atoms with Crippen LogP contribution in [0.5, 0.6) is 5.75 Å². The smallest absolute Gasteiger partial charge is 0.163 e. The zero-order valence-electron chi connectivity index (χ0n) is 11.3. The number of nitrogens with one attached hydrogen (secondary N) is 1. The van der Waals surface area contributed by atoms with Crippen LogP contribution in [-0.4, -0.2) is 17.9 Å². The van der Waals surface area contributed by atoms with Crippen LogP contribution >= 0.6 is 11.6 Å². The standard InChI is InChI=1S/C15H15ClN2O2/c1-10(19)13-7-8-14(16)18-15(13)17-9-11-3-5-12(20-2)6-4-11/h3-8H,9H2,1-2H3,(H,17,18). The second-order valence-corrected chi connectivity index (χ2v) is 4.68. The molecule has 0 saturated carbocycles. The monoisotopic (exact) mass is 290 g/mol. The number of Topliss-reactive ketones (excluding diaryl/α,β-unsaturated/α-hetero) is 1. The second kappa shape index (κ2) is 6.39. The van der Waals surface area contributed by atoms with Gasteiger partial charge in [0, 0.05) is 6.54 Å².